The van der Waals surface area contributed by atoms with E-state index in [0.717, 1.165) is 60.1 Å². The molecule has 0 bridgehead atoms. The van der Waals surface area contributed by atoms with E-state index >= 15 is 0 Å². The van der Waals surface area contributed by atoms with Crippen molar-refractivity contribution >= 4 is 17.3 Å². The molecular formula is C18H19ClN6. The lowest BCUT2D eigenvalue weighted by molar-refractivity contribution is 0.239. The number of benzene rings is 1. The first kappa shape index (κ1) is 16.1. The van der Waals surface area contributed by atoms with Crippen molar-refractivity contribution < 1.29 is 0 Å². The number of fused-ring (bicyclic) bond motifs is 1. The minimum Gasteiger partial charge on any atom is -0.399 e. The summed E-state index contributed by atoms with van der Waals surface area (Å²) < 4.78 is 1.75. The highest BCUT2D eigenvalue weighted by atomic mass is 35.5. The zero-order valence-corrected chi connectivity index (χ0v) is 14.7. The summed E-state index contributed by atoms with van der Waals surface area (Å²) in [4.78, 5) is 11.6. The minimum absolute atomic E-state index is 0.711. The number of aryl methyl sites for hydroxylation is 1. The van der Waals surface area contributed by atoms with Gasteiger partial charge in [-0.05, 0) is 24.3 Å². The predicted molar refractivity (Wildman–Crippen MR) is 97.9 cm³/mol. The van der Waals surface area contributed by atoms with E-state index in [9.17, 15) is 0 Å². The second-order valence-electron chi connectivity index (χ2n) is 6.35. The topological polar surface area (TPSA) is 72.9 Å². The third-order valence-electron chi connectivity index (χ3n) is 4.41. The van der Waals surface area contributed by atoms with E-state index in [1.165, 1.54) is 0 Å². The lowest BCUT2D eigenvalue weighted by Crippen LogP contribution is -2.31. The van der Waals surface area contributed by atoms with Gasteiger partial charge in [0.25, 0.3) is 0 Å². The van der Waals surface area contributed by atoms with Crippen molar-refractivity contribution in [1.29, 1.82) is 0 Å². The van der Waals surface area contributed by atoms with Crippen LogP contribution in [-0.2, 0) is 26.6 Å². The standard InChI is InChI=1S/C18H19ClN6/c1-24-10-15(19)17(23-24)11-25-7-6-16-13(9-25)8-21-18(22-16)12-2-4-14(20)5-3-12/h2-5,8,10H,6-7,9,11,20H2,1H3. The summed E-state index contributed by atoms with van der Waals surface area (Å²) in [6.07, 6.45) is 4.65. The van der Waals surface area contributed by atoms with E-state index in [4.69, 9.17) is 22.3 Å². The molecule has 0 fully saturated rings. The molecule has 2 aromatic heterocycles. The Kier molecular flexibility index (Phi) is 4.15. The molecule has 1 aromatic carbocycles. The van der Waals surface area contributed by atoms with Crippen LogP contribution in [0.4, 0.5) is 5.69 Å². The van der Waals surface area contributed by atoms with Crippen molar-refractivity contribution in [2.45, 2.75) is 19.5 Å². The number of hydrogen-bond donors (Lipinski definition) is 1. The van der Waals surface area contributed by atoms with Gasteiger partial charge in [-0.1, -0.05) is 11.6 Å². The summed E-state index contributed by atoms with van der Waals surface area (Å²) in [6.45, 7) is 2.47. The van der Waals surface area contributed by atoms with Crippen molar-refractivity contribution in [3.8, 4) is 11.4 Å². The highest BCUT2D eigenvalue weighted by Gasteiger charge is 2.20. The van der Waals surface area contributed by atoms with E-state index in [-0.39, 0.29) is 0 Å². The monoisotopic (exact) mass is 354 g/mol. The highest BCUT2D eigenvalue weighted by Crippen LogP contribution is 2.24. The van der Waals surface area contributed by atoms with Crippen LogP contribution in [-0.4, -0.2) is 31.2 Å². The maximum atomic E-state index is 6.22. The van der Waals surface area contributed by atoms with Crippen molar-refractivity contribution in [3.63, 3.8) is 0 Å². The van der Waals surface area contributed by atoms with E-state index in [1.807, 2.05) is 43.7 Å². The predicted octanol–water partition coefficient (Wildman–Crippen LogP) is 2.67. The van der Waals surface area contributed by atoms with Crippen molar-refractivity contribution in [2.75, 3.05) is 12.3 Å². The van der Waals surface area contributed by atoms with E-state index in [2.05, 4.69) is 15.0 Å². The van der Waals surface area contributed by atoms with Gasteiger partial charge in [-0.25, -0.2) is 9.97 Å². The number of nitrogen functional groups attached to an aromatic ring is 1. The summed E-state index contributed by atoms with van der Waals surface area (Å²) in [5.41, 5.74) is 10.7. The van der Waals surface area contributed by atoms with Crippen molar-refractivity contribution in [1.82, 2.24) is 24.6 Å². The smallest absolute Gasteiger partial charge is 0.159 e. The Labute approximate surface area is 151 Å². The Morgan fingerprint density at radius 1 is 1.24 bits per heavy atom. The van der Waals surface area contributed by atoms with Crippen LogP contribution in [0.25, 0.3) is 11.4 Å². The molecule has 3 aromatic rings. The maximum absolute atomic E-state index is 6.22. The fourth-order valence-corrected chi connectivity index (χ4v) is 3.34. The second-order valence-corrected chi connectivity index (χ2v) is 6.75. The number of hydrogen-bond acceptors (Lipinski definition) is 5. The van der Waals surface area contributed by atoms with Gasteiger partial charge in [-0.3, -0.25) is 9.58 Å². The molecule has 3 heterocycles. The van der Waals surface area contributed by atoms with Gasteiger partial charge in [0.05, 0.1) is 16.4 Å². The molecule has 1 aliphatic rings. The van der Waals surface area contributed by atoms with Crippen molar-refractivity contribution in [2.24, 2.45) is 7.05 Å². The highest BCUT2D eigenvalue weighted by molar-refractivity contribution is 6.31. The molecule has 25 heavy (non-hydrogen) atoms. The maximum Gasteiger partial charge on any atom is 0.159 e. The number of halogens is 1. The second kappa shape index (κ2) is 6.46. The number of nitrogens with two attached hydrogens (primary N) is 1. The Morgan fingerprint density at radius 2 is 2.04 bits per heavy atom. The van der Waals surface area contributed by atoms with Crippen LogP contribution in [0.15, 0.2) is 36.7 Å². The van der Waals surface area contributed by atoms with E-state index < -0.39 is 0 Å². The Hall–Kier alpha value is -2.44. The summed E-state index contributed by atoms with van der Waals surface area (Å²) in [5, 5.41) is 5.13. The average Bonchev–Trinajstić information content (AvgIpc) is 2.92. The van der Waals surface area contributed by atoms with Gasteiger partial charge in [0, 0.05) is 62.3 Å². The van der Waals surface area contributed by atoms with Gasteiger partial charge < -0.3 is 5.73 Å². The normalized spacial score (nSPS) is 14.5. The quantitative estimate of drug-likeness (QED) is 0.732. The third kappa shape index (κ3) is 3.36. The molecule has 128 valence electrons. The fraction of sp³-hybridized carbons (Fsp3) is 0.278. The fourth-order valence-electron chi connectivity index (χ4n) is 3.11. The summed E-state index contributed by atoms with van der Waals surface area (Å²) in [7, 11) is 1.88. The van der Waals surface area contributed by atoms with Gasteiger partial charge in [0.2, 0.25) is 0 Å². The third-order valence-corrected chi connectivity index (χ3v) is 4.73. The Bertz CT molecular complexity index is 902. The largest absolute Gasteiger partial charge is 0.399 e. The number of aromatic nitrogens is 4. The summed E-state index contributed by atoms with van der Waals surface area (Å²) >= 11 is 6.22. The van der Waals surface area contributed by atoms with Crippen LogP contribution >= 0.6 is 11.6 Å². The lowest BCUT2D eigenvalue weighted by atomic mass is 10.1. The molecule has 6 nitrogen and oxygen atoms in total. The van der Waals surface area contributed by atoms with Crippen LogP contribution in [0, 0.1) is 0 Å². The number of anilines is 1. The molecule has 7 heteroatoms. The number of nitrogens with zero attached hydrogens (tertiary/aromatic N) is 5. The molecule has 0 amide bonds. The molecule has 1 aliphatic heterocycles. The lowest BCUT2D eigenvalue weighted by Gasteiger charge is -2.27. The molecule has 0 aliphatic carbocycles. The molecule has 0 saturated carbocycles. The number of rotatable bonds is 3. The Morgan fingerprint density at radius 3 is 2.76 bits per heavy atom. The molecule has 0 spiro atoms. The minimum atomic E-state index is 0.711. The average molecular weight is 355 g/mol. The summed E-state index contributed by atoms with van der Waals surface area (Å²) in [5.74, 6) is 0.750. The van der Waals surface area contributed by atoms with Crippen LogP contribution < -0.4 is 5.73 Å². The molecule has 0 saturated heterocycles. The van der Waals surface area contributed by atoms with Gasteiger partial charge in [-0.2, -0.15) is 5.10 Å². The van der Waals surface area contributed by atoms with E-state index in [0.29, 0.717) is 5.02 Å². The van der Waals surface area contributed by atoms with E-state index in [1.54, 1.807) is 4.68 Å². The molecule has 0 unspecified atom stereocenters. The Balaban J connectivity index is 1.52. The molecule has 0 atom stereocenters. The molecule has 4 rings (SSSR count). The van der Waals surface area contributed by atoms with Crippen LogP contribution in [0.1, 0.15) is 17.0 Å². The molecule has 0 radical (unpaired) electrons. The zero-order valence-electron chi connectivity index (χ0n) is 14.0. The SMILES string of the molecule is Cn1cc(Cl)c(CN2CCc3nc(-c4ccc(N)cc4)ncc3C2)n1. The van der Waals surface area contributed by atoms with Gasteiger partial charge >= 0.3 is 0 Å². The van der Waals surface area contributed by atoms with Gasteiger partial charge in [-0.15, -0.1) is 0 Å². The van der Waals surface area contributed by atoms with Crippen LogP contribution in [0.3, 0.4) is 0 Å². The van der Waals surface area contributed by atoms with Crippen molar-refractivity contribution in [3.05, 3.63) is 58.6 Å². The molecular weight excluding hydrogens is 336 g/mol. The first-order chi connectivity index (χ1) is 12.1. The molecule has 2 N–H and O–H groups in total. The zero-order chi connectivity index (χ0) is 17.4. The van der Waals surface area contributed by atoms with Gasteiger partial charge in [0.1, 0.15) is 0 Å². The van der Waals surface area contributed by atoms with Gasteiger partial charge in [0.15, 0.2) is 5.82 Å². The summed E-state index contributed by atoms with van der Waals surface area (Å²) in [6, 6.07) is 7.65. The first-order valence-electron chi connectivity index (χ1n) is 8.19. The van der Waals surface area contributed by atoms with Crippen LogP contribution in [0.2, 0.25) is 5.02 Å². The first-order valence-corrected chi connectivity index (χ1v) is 8.57. The van der Waals surface area contributed by atoms with Crippen LogP contribution in [0.5, 0.6) is 0 Å².